The summed E-state index contributed by atoms with van der Waals surface area (Å²) in [6.07, 6.45) is 3.84. The molecule has 0 spiro atoms. The molecule has 1 aliphatic rings. The maximum Gasteiger partial charge on any atom is 0.250 e. The molecule has 1 aromatic heterocycles. The van der Waals surface area contributed by atoms with Gasteiger partial charge in [-0.15, -0.1) is 0 Å². The Balaban J connectivity index is 1.43. The molecule has 1 unspecified atom stereocenters. The highest BCUT2D eigenvalue weighted by Gasteiger charge is 2.14. The van der Waals surface area contributed by atoms with Crippen LogP contribution < -0.4 is 20.3 Å². The van der Waals surface area contributed by atoms with Gasteiger partial charge in [0, 0.05) is 24.8 Å². The van der Waals surface area contributed by atoms with E-state index in [4.69, 9.17) is 9.47 Å². The van der Waals surface area contributed by atoms with Crippen LogP contribution in [0.2, 0.25) is 0 Å². The Morgan fingerprint density at radius 2 is 1.96 bits per heavy atom. The van der Waals surface area contributed by atoms with Crippen LogP contribution >= 0.6 is 0 Å². The minimum Gasteiger partial charge on any atom is -0.486 e. The number of nitrogens with one attached hydrogen (secondary N) is 1. The lowest BCUT2D eigenvalue weighted by Gasteiger charge is -2.21. The number of fused-ring (bicyclic) bond motifs is 1. The Bertz CT molecular complexity index is 727. The second-order valence-electron chi connectivity index (χ2n) is 6.02. The first-order chi connectivity index (χ1) is 11.7. The van der Waals surface area contributed by atoms with Gasteiger partial charge in [-0.25, -0.2) is 0 Å². The van der Waals surface area contributed by atoms with Crippen LogP contribution in [0.25, 0.3) is 0 Å². The molecule has 0 amide bonds. The van der Waals surface area contributed by atoms with Crippen LogP contribution in [-0.2, 0) is 6.54 Å². The molecule has 5 heteroatoms. The van der Waals surface area contributed by atoms with Crippen molar-refractivity contribution in [3.05, 3.63) is 58.5 Å². The molecule has 0 saturated carbocycles. The van der Waals surface area contributed by atoms with Crippen molar-refractivity contribution in [1.82, 2.24) is 9.88 Å². The first-order valence-corrected chi connectivity index (χ1v) is 8.52. The zero-order valence-electron chi connectivity index (χ0n) is 14.0. The normalized spacial score (nSPS) is 14.4. The van der Waals surface area contributed by atoms with Gasteiger partial charge < -0.3 is 19.4 Å². The third-order valence-corrected chi connectivity index (χ3v) is 4.24. The van der Waals surface area contributed by atoms with Gasteiger partial charge in [-0.3, -0.25) is 4.79 Å². The molecule has 5 nitrogen and oxygen atoms in total. The van der Waals surface area contributed by atoms with E-state index in [2.05, 4.69) is 24.4 Å². The molecule has 1 aromatic carbocycles. The number of hydrogen-bond donors (Lipinski definition) is 1. The molecule has 0 aliphatic carbocycles. The van der Waals surface area contributed by atoms with Gasteiger partial charge in [0.05, 0.1) is 0 Å². The summed E-state index contributed by atoms with van der Waals surface area (Å²) < 4.78 is 12.9. The highest BCUT2D eigenvalue weighted by molar-refractivity contribution is 5.44. The number of nitrogens with zero attached hydrogens (tertiary/aromatic N) is 1. The molecule has 24 heavy (non-hydrogen) atoms. The molecular weight excluding hydrogens is 304 g/mol. The van der Waals surface area contributed by atoms with E-state index in [9.17, 15) is 4.79 Å². The van der Waals surface area contributed by atoms with Gasteiger partial charge in [-0.1, -0.05) is 12.1 Å². The van der Waals surface area contributed by atoms with Gasteiger partial charge in [0.2, 0.25) is 5.56 Å². The number of unbranched alkanes of at least 4 members (excludes halogenated alkanes) is 1. The van der Waals surface area contributed by atoms with Crippen molar-refractivity contribution in [3.63, 3.8) is 0 Å². The predicted molar refractivity (Wildman–Crippen MR) is 93.8 cm³/mol. The topological polar surface area (TPSA) is 52.5 Å². The molecule has 0 fully saturated rings. The number of rotatable bonds is 7. The zero-order chi connectivity index (χ0) is 16.8. The maximum absolute atomic E-state index is 11.6. The van der Waals surface area contributed by atoms with Crippen LogP contribution in [-0.4, -0.2) is 24.3 Å². The summed E-state index contributed by atoms with van der Waals surface area (Å²) in [6, 6.07) is 11.6. The van der Waals surface area contributed by atoms with Gasteiger partial charge in [0.15, 0.2) is 11.5 Å². The minimum atomic E-state index is 0.0649. The van der Waals surface area contributed by atoms with Gasteiger partial charge in [0.1, 0.15) is 13.2 Å². The van der Waals surface area contributed by atoms with E-state index in [0.717, 1.165) is 37.4 Å². The van der Waals surface area contributed by atoms with E-state index in [1.54, 1.807) is 16.7 Å². The van der Waals surface area contributed by atoms with Crippen LogP contribution in [0.3, 0.4) is 0 Å². The lowest BCUT2D eigenvalue weighted by molar-refractivity contribution is 0.171. The summed E-state index contributed by atoms with van der Waals surface area (Å²) in [7, 11) is 0. The first kappa shape index (κ1) is 16.6. The highest BCUT2D eigenvalue weighted by Crippen LogP contribution is 2.32. The molecule has 1 atom stereocenters. The summed E-state index contributed by atoms with van der Waals surface area (Å²) in [5.74, 6) is 1.65. The summed E-state index contributed by atoms with van der Waals surface area (Å²) in [5.41, 5.74) is 1.26. The smallest absolute Gasteiger partial charge is 0.250 e. The number of aromatic nitrogens is 1. The number of ether oxygens (including phenoxy) is 2. The van der Waals surface area contributed by atoms with Crippen molar-refractivity contribution >= 4 is 0 Å². The Morgan fingerprint density at radius 3 is 2.79 bits per heavy atom. The van der Waals surface area contributed by atoms with Crippen LogP contribution in [0, 0.1) is 0 Å². The van der Waals surface area contributed by atoms with Crippen LogP contribution in [0.4, 0.5) is 0 Å². The molecule has 2 aromatic rings. The number of aryl methyl sites for hydroxylation is 1. The number of benzene rings is 1. The van der Waals surface area contributed by atoms with Crippen molar-refractivity contribution < 1.29 is 9.47 Å². The largest absolute Gasteiger partial charge is 0.486 e. The second-order valence-corrected chi connectivity index (χ2v) is 6.02. The number of pyridine rings is 1. The van der Waals surface area contributed by atoms with E-state index < -0.39 is 0 Å². The van der Waals surface area contributed by atoms with Crippen LogP contribution in [0.5, 0.6) is 11.5 Å². The van der Waals surface area contributed by atoms with E-state index >= 15 is 0 Å². The van der Waals surface area contributed by atoms with Crippen molar-refractivity contribution in [2.24, 2.45) is 0 Å². The zero-order valence-corrected chi connectivity index (χ0v) is 14.0. The lowest BCUT2D eigenvalue weighted by Crippen LogP contribution is -2.22. The summed E-state index contributed by atoms with van der Waals surface area (Å²) in [6.45, 7) is 5.05. The van der Waals surface area contributed by atoms with Gasteiger partial charge in [-0.2, -0.15) is 0 Å². The SMILES string of the molecule is CC(NCCCCn1ccccc1=O)c1ccc2c(c1)OCCO2. The average molecular weight is 328 g/mol. The first-order valence-electron chi connectivity index (χ1n) is 8.52. The fourth-order valence-electron chi connectivity index (χ4n) is 2.82. The second kappa shape index (κ2) is 8.02. The minimum absolute atomic E-state index is 0.0649. The van der Waals surface area contributed by atoms with Crippen LogP contribution in [0.15, 0.2) is 47.4 Å². The summed E-state index contributed by atoms with van der Waals surface area (Å²) >= 11 is 0. The molecule has 1 aliphatic heterocycles. The molecule has 0 radical (unpaired) electrons. The maximum atomic E-state index is 11.6. The van der Waals surface area contributed by atoms with Gasteiger partial charge in [0.25, 0.3) is 0 Å². The quantitative estimate of drug-likeness (QED) is 0.794. The molecule has 128 valence electrons. The van der Waals surface area contributed by atoms with E-state index in [-0.39, 0.29) is 11.6 Å². The molecule has 2 heterocycles. The monoisotopic (exact) mass is 328 g/mol. The van der Waals surface area contributed by atoms with Crippen LogP contribution in [0.1, 0.15) is 31.4 Å². The van der Waals surface area contributed by atoms with Crippen molar-refractivity contribution in [1.29, 1.82) is 0 Å². The predicted octanol–water partition coefficient (Wildman–Crippen LogP) is 2.75. The fraction of sp³-hybridized carbons (Fsp3) is 0.421. The Labute approximate surface area is 142 Å². The average Bonchev–Trinajstić information content (AvgIpc) is 2.62. The third-order valence-electron chi connectivity index (χ3n) is 4.24. The van der Waals surface area contributed by atoms with E-state index in [1.165, 1.54) is 5.56 Å². The third kappa shape index (κ3) is 4.17. The van der Waals surface area contributed by atoms with Crippen molar-refractivity contribution in [2.45, 2.75) is 32.4 Å². The Hall–Kier alpha value is -2.27. The summed E-state index contributed by atoms with van der Waals surface area (Å²) in [5, 5.41) is 3.52. The molecule has 0 saturated heterocycles. The fourth-order valence-corrected chi connectivity index (χ4v) is 2.82. The van der Waals surface area contributed by atoms with E-state index in [1.807, 2.05) is 18.3 Å². The van der Waals surface area contributed by atoms with Crippen molar-refractivity contribution in [2.75, 3.05) is 19.8 Å². The molecule has 0 bridgehead atoms. The molecular formula is C19H24N2O3. The van der Waals surface area contributed by atoms with Gasteiger partial charge >= 0.3 is 0 Å². The molecule has 3 rings (SSSR count). The molecule has 1 N–H and O–H groups in total. The Morgan fingerprint density at radius 1 is 1.12 bits per heavy atom. The van der Waals surface area contributed by atoms with Gasteiger partial charge in [-0.05, 0) is 50.1 Å². The highest BCUT2D eigenvalue weighted by atomic mass is 16.6. The summed E-state index contributed by atoms with van der Waals surface area (Å²) in [4.78, 5) is 11.6. The van der Waals surface area contributed by atoms with E-state index in [0.29, 0.717) is 13.2 Å². The Kier molecular flexibility index (Phi) is 5.54. The van der Waals surface area contributed by atoms with Crippen molar-refractivity contribution in [3.8, 4) is 11.5 Å². The number of hydrogen-bond acceptors (Lipinski definition) is 4. The lowest BCUT2D eigenvalue weighted by atomic mass is 10.1. The standard InChI is InChI=1S/C19H24N2O3/c1-15(16-7-8-17-18(14-16)24-13-12-23-17)20-9-3-5-11-21-10-4-2-6-19(21)22/h2,4,6-8,10,14-15,20H,3,5,9,11-13H2,1H3.